The number of hydrogen-bond acceptors (Lipinski definition) is 5. The summed E-state index contributed by atoms with van der Waals surface area (Å²) < 4.78 is 0. The summed E-state index contributed by atoms with van der Waals surface area (Å²) in [4.78, 5) is 31.6. The molecule has 0 aromatic carbocycles. The molecule has 0 aromatic rings. The molecule has 0 heterocycles. The fourth-order valence-corrected chi connectivity index (χ4v) is 1.59. The lowest BCUT2D eigenvalue weighted by molar-refractivity contribution is -0.137. The van der Waals surface area contributed by atoms with E-state index in [9.17, 15) is 14.4 Å². The molecule has 122 valence electrons. The average molecular weight is 302 g/mol. The molecule has 8 nitrogen and oxygen atoms in total. The van der Waals surface area contributed by atoms with E-state index >= 15 is 0 Å². The number of amides is 2. The highest BCUT2D eigenvalue weighted by Gasteiger charge is 1.99. The van der Waals surface area contributed by atoms with E-state index in [1.54, 1.807) is 0 Å². The van der Waals surface area contributed by atoms with Gasteiger partial charge in [0.25, 0.3) is 0 Å². The number of rotatable bonds is 15. The van der Waals surface area contributed by atoms with Crippen LogP contribution in [0.3, 0.4) is 0 Å². The number of nitrogens with one attached hydrogen (secondary N) is 4. The molecule has 0 spiro atoms. The third-order valence-electron chi connectivity index (χ3n) is 2.68. The third kappa shape index (κ3) is 16.3. The van der Waals surface area contributed by atoms with Crippen LogP contribution in [0.15, 0.2) is 0 Å². The summed E-state index contributed by atoms with van der Waals surface area (Å²) in [6, 6.07) is 0. The van der Waals surface area contributed by atoms with Gasteiger partial charge in [0.2, 0.25) is 12.3 Å². The molecule has 0 aliphatic heterocycles. The third-order valence-corrected chi connectivity index (χ3v) is 2.68. The second-order valence-electron chi connectivity index (χ2n) is 4.55. The summed E-state index contributed by atoms with van der Waals surface area (Å²) in [5.74, 6) is -0.778. The van der Waals surface area contributed by atoms with Crippen LogP contribution in [0.5, 0.6) is 0 Å². The Hall–Kier alpha value is -1.67. The zero-order valence-corrected chi connectivity index (χ0v) is 12.3. The predicted molar refractivity (Wildman–Crippen MR) is 78.7 cm³/mol. The smallest absolute Gasteiger partial charge is 0.303 e. The Kier molecular flexibility index (Phi) is 13.6. The van der Waals surface area contributed by atoms with Gasteiger partial charge in [0.05, 0.1) is 0 Å². The maximum atomic E-state index is 11.4. The monoisotopic (exact) mass is 302 g/mol. The van der Waals surface area contributed by atoms with Crippen LogP contribution in [0.25, 0.3) is 0 Å². The van der Waals surface area contributed by atoms with Crippen molar-refractivity contribution >= 4 is 18.3 Å². The molecule has 0 saturated carbocycles. The fourth-order valence-electron chi connectivity index (χ4n) is 1.59. The number of hydrogen-bond donors (Lipinski definition) is 5. The predicted octanol–water partition coefficient (Wildman–Crippen LogP) is -0.980. The lowest BCUT2D eigenvalue weighted by Gasteiger charge is -2.07. The van der Waals surface area contributed by atoms with Crippen molar-refractivity contribution in [2.75, 3.05) is 32.8 Å². The maximum Gasteiger partial charge on any atom is 0.303 e. The first-order chi connectivity index (χ1) is 10.2. The first kappa shape index (κ1) is 19.3. The van der Waals surface area contributed by atoms with E-state index in [-0.39, 0.29) is 12.3 Å². The van der Waals surface area contributed by atoms with Crippen LogP contribution in [0.1, 0.15) is 32.1 Å². The van der Waals surface area contributed by atoms with Gasteiger partial charge in [-0.25, -0.2) is 0 Å². The van der Waals surface area contributed by atoms with E-state index in [0.717, 1.165) is 19.4 Å². The largest absolute Gasteiger partial charge is 0.481 e. The SMILES string of the molecule is O=CNCCNC(=O)CCCCNCNCCCC(=O)O. The van der Waals surface area contributed by atoms with Gasteiger partial charge in [-0.05, 0) is 32.4 Å². The second-order valence-corrected chi connectivity index (χ2v) is 4.55. The number of carboxylic acids is 1. The first-order valence-electron chi connectivity index (χ1n) is 7.23. The number of unbranched alkanes of at least 4 members (excludes halogenated alkanes) is 1. The minimum atomic E-state index is -0.773. The molecule has 0 bridgehead atoms. The van der Waals surface area contributed by atoms with Crippen molar-refractivity contribution in [1.29, 1.82) is 0 Å². The normalized spacial score (nSPS) is 10.1. The number of carbonyl (C=O) groups is 3. The summed E-state index contributed by atoms with van der Waals surface area (Å²) >= 11 is 0. The van der Waals surface area contributed by atoms with Crippen LogP contribution in [0, 0.1) is 0 Å². The van der Waals surface area contributed by atoms with Gasteiger partial charge >= 0.3 is 5.97 Å². The summed E-state index contributed by atoms with van der Waals surface area (Å²) in [6.45, 7) is 3.03. The lowest BCUT2D eigenvalue weighted by Crippen LogP contribution is -2.32. The molecular formula is C13H26N4O4. The van der Waals surface area contributed by atoms with Gasteiger partial charge in [-0.2, -0.15) is 0 Å². The van der Waals surface area contributed by atoms with Crippen molar-refractivity contribution in [2.24, 2.45) is 0 Å². The number of carboxylic acid groups (broad SMARTS) is 1. The average Bonchev–Trinajstić information content (AvgIpc) is 2.45. The van der Waals surface area contributed by atoms with Crippen LogP contribution in [0.2, 0.25) is 0 Å². The quantitative estimate of drug-likeness (QED) is 0.151. The molecule has 2 amide bonds. The van der Waals surface area contributed by atoms with Crippen LogP contribution >= 0.6 is 0 Å². The molecule has 0 aliphatic rings. The molecule has 0 rings (SSSR count). The van der Waals surface area contributed by atoms with Gasteiger partial charge in [0.1, 0.15) is 0 Å². The van der Waals surface area contributed by atoms with Crippen molar-refractivity contribution in [3.05, 3.63) is 0 Å². The van der Waals surface area contributed by atoms with Crippen LogP contribution in [-0.4, -0.2) is 56.2 Å². The van der Waals surface area contributed by atoms with Crippen molar-refractivity contribution in [3.63, 3.8) is 0 Å². The Labute approximate surface area is 125 Å². The summed E-state index contributed by atoms with van der Waals surface area (Å²) in [5, 5.41) is 19.9. The van der Waals surface area contributed by atoms with Crippen LogP contribution in [-0.2, 0) is 14.4 Å². The Balaban J connectivity index is 3.15. The van der Waals surface area contributed by atoms with Crippen molar-refractivity contribution in [1.82, 2.24) is 21.3 Å². The molecule has 0 radical (unpaired) electrons. The van der Waals surface area contributed by atoms with Gasteiger partial charge in [-0.3, -0.25) is 14.4 Å². The molecule has 21 heavy (non-hydrogen) atoms. The number of aliphatic carboxylic acids is 1. The van der Waals surface area contributed by atoms with E-state index in [2.05, 4.69) is 21.3 Å². The molecule has 0 atom stereocenters. The summed E-state index contributed by atoms with van der Waals surface area (Å²) in [5.41, 5.74) is 0. The fraction of sp³-hybridized carbons (Fsp3) is 0.769. The zero-order chi connectivity index (χ0) is 15.8. The molecule has 0 aliphatic carbocycles. The van der Waals surface area contributed by atoms with Crippen molar-refractivity contribution < 1.29 is 19.5 Å². The molecule has 5 N–H and O–H groups in total. The minimum absolute atomic E-state index is 0.00510. The van der Waals surface area contributed by atoms with Gasteiger partial charge in [-0.1, -0.05) is 0 Å². The van der Waals surface area contributed by atoms with E-state index < -0.39 is 5.97 Å². The highest BCUT2D eigenvalue weighted by atomic mass is 16.4. The van der Waals surface area contributed by atoms with Gasteiger partial charge in [0, 0.05) is 32.6 Å². The Morgan fingerprint density at radius 2 is 1.62 bits per heavy atom. The van der Waals surface area contributed by atoms with E-state index in [1.165, 1.54) is 0 Å². The van der Waals surface area contributed by atoms with E-state index in [4.69, 9.17) is 5.11 Å². The highest BCUT2D eigenvalue weighted by Crippen LogP contribution is 1.93. The molecule has 0 aromatic heterocycles. The molecule has 0 unspecified atom stereocenters. The van der Waals surface area contributed by atoms with Crippen LogP contribution in [0.4, 0.5) is 0 Å². The number of carbonyl (C=O) groups excluding carboxylic acids is 2. The Bertz CT molecular complexity index is 300. The highest BCUT2D eigenvalue weighted by molar-refractivity contribution is 5.75. The Morgan fingerprint density at radius 1 is 0.905 bits per heavy atom. The summed E-state index contributed by atoms with van der Waals surface area (Å²) in [6.07, 6.45) is 3.60. The van der Waals surface area contributed by atoms with E-state index in [0.29, 0.717) is 45.6 Å². The minimum Gasteiger partial charge on any atom is -0.481 e. The second kappa shape index (κ2) is 14.7. The molecular weight excluding hydrogens is 276 g/mol. The van der Waals surface area contributed by atoms with Crippen LogP contribution < -0.4 is 21.3 Å². The maximum absolute atomic E-state index is 11.4. The summed E-state index contributed by atoms with van der Waals surface area (Å²) in [7, 11) is 0. The van der Waals surface area contributed by atoms with E-state index in [1.807, 2.05) is 0 Å². The molecule has 8 heteroatoms. The topological polar surface area (TPSA) is 120 Å². The Morgan fingerprint density at radius 3 is 2.29 bits per heavy atom. The lowest BCUT2D eigenvalue weighted by atomic mass is 10.2. The standard InChI is InChI=1S/C13H26N4O4/c18-11-16-8-9-17-12(19)4-1-2-6-14-10-15-7-3-5-13(20)21/h11,14-15H,1-10H2,(H,16,18)(H,17,19)(H,20,21). The first-order valence-corrected chi connectivity index (χ1v) is 7.23. The van der Waals surface area contributed by atoms with Gasteiger partial charge < -0.3 is 26.4 Å². The van der Waals surface area contributed by atoms with Crippen molar-refractivity contribution in [2.45, 2.75) is 32.1 Å². The van der Waals surface area contributed by atoms with Gasteiger partial charge in [0.15, 0.2) is 0 Å². The zero-order valence-electron chi connectivity index (χ0n) is 12.3. The van der Waals surface area contributed by atoms with Crippen molar-refractivity contribution in [3.8, 4) is 0 Å². The van der Waals surface area contributed by atoms with Gasteiger partial charge in [-0.15, -0.1) is 0 Å². The molecule has 0 fully saturated rings. The molecule has 0 saturated heterocycles.